The van der Waals surface area contributed by atoms with Crippen LogP contribution < -0.4 is 9.47 Å². The lowest BCUT2D eigenvalue weighted by atomic mass is 9.77. The van der Waals surface area contributed by atoms with Crippen molar-refractivity contribution in [3.8, 4) is 11.5 Å². The van der Waals surface area contributed by atoms with E-state index in [0.29, 0.717) is 17.9 Å². The van der Waals surface area contributed by atoms with E-state index in [-0.39, 0.29) is 36.0 Å². The summed E-state index contributed by atoms with van der Waals surface area (Å²) in [6, 6.07) is 11.8. The van der Waals surface area contributed by atoms with Crippen molar-refractivity contribution in [3.05, 3.63) is 58.7 Å². The second-order valence-corrected chi connectivity index (χ2v) is 10.7. The second-order valence-electron chi connectivity index (χ2n) is 10.7. The molecule has 0 aromatic heterocycles. The summed E-state index contributed by atoms with van der Waals surface area (Å²) in [7, 11) is 0. The molecule has 1 heterocycles. The lowest BCUT2D eigenvalue weighted by Crippen LogP contribution is -2.17. The molecular weight excluding hydrogens is 416 g/mol. The molecule has 178 valence electrons. The minimum absolute atomic E-state index is 0.0521. The van der Waals surface area contributed by atoms with Crippen molar-refractivity contribution in [2.24, 2.45) is 0 Å². The Hall–Kier alpha value is -2.82. The number of carbonyl (C=O) groups is 2. The van der Waals surface area contributed by atoms with Crippen LogP contribution in [0.5, 0.6) is 11.5 Å². The molecule has 1 aliphatic rings. The Bertz CT molecular complexity index is 1010. The van der Waals surface area contributed by atoms with Crippen LogP contribution in [-0.2, 0) is 25.2 Å². The number of hydrogen-bond acceptors (Lipinski definition) is 5. The van der Waals surface area contributed by atoms with Crippen molar-refractivity contribution < 1.29 is 23.8 Å². The predicted octanol–water partition coefficient (Wildman–Crippen LogP) is 6.05. The zero-order chi connectivity index (χ0) is 24.4. The molecule has 2 aromatic rings. The van der Waals surface area contributed by atoms with Gasteiger partial charge in [0.2, 0.25) is 0 Å². The van der Waals surface area contributed by atoms with Crippen molar-refractivity contribution in [2.75, 3.05) is 13.2 Å². The van der Waals surface area contributed by atoms with E-state index in [0.717, 1.165) is 23.1 Å². The molecule has 0 radical (unpaired) electrons. The van der Waals surface area contributed by atoms with Crippen LogP contribution in [0.3, 0.4) is 0 Å². The fourth-order valence-electron chi connectivity index (χ4n) is 3.92. The Balaban J connectivity index is 1.83. The Morgan fingerprint density at radius 2 is 1.64 bits per heavy atom. The fourth-order valence-corrected chi connectivity index (χ4v) is 3.92. The highest BCUT2D eigenvalue weighted by atomic mass is 16.6. The highest BCUT2D eigenvalue weighted by Crippen LogP contribution is 2.47. The van der Waals surface area contributed by atoms with Gasteiger partial charge in [0.25, 0.3) is 0 Å². The number of esters is 2. The lowest BCUT2D eigenvalue weighted by molar-refractivity contribution is -0.144. The minimum Gasteiger partial charge on any atom is -0.490 e. The first-order chi connectivity index (χ1) is 15.4. The molecule has 0 fully saturated rings. The lowest BCUT2D eigenvalue weighted by Gasteiger charge is -2.27. The molecule has 0 saturated carbocycles. The third-order valence-corrected chi connectivity index (χ3v) is 5.82. The maximum Gasteiger partial charge on any atom is 0.323 e. The molecule has 0 saturated heterocycles. The van der Waals surface area contributed by atoms with Gasteiger partial charge in [-0.3, -0.25) is 9.59 Å². The molecule has 1 atom stereocenters. The molecule has 5 nitrogen and oxygen atoms in total. The van der Waals surface area contributed by atoms with Crippen LogP contribution in [0.4, 0.5) is 0 Å². The Morgan fingerprint density at radius 3 is 2.21 bits per heavy atom. The summed E-state index contributed by atoms with van der Waals surface area (Å²) in [6.45, 7) is 15.4. The highest BCUT2D eigenvalue weighted by Gasteiger charge is 2.39. The van der Waals surface area contributed by atoms with E-state index < -0.39 is 5.92 Å². The number of benzene rings is 2. The molecule has 1 aliphatic heterocycles. The topological polar surface area (TPSA) is 61.8 Å². The summed E-state index contributed by atoms with van der Waals surface area (Å²) in [6.07, 6.45) is 1.18. The molecule has 0 amide bonds. The largest absolute Gasteiger partial charge is 0.490 e. The number of ether oxygens (including phenoxy) is 3. The van der Waals surface area contributed by atoms with E-state index in [4.69, 9.17) is 14.2 Å². The van der Waals surface area contributed by atoms with E-state index in [2.05, 4.69) is 53.7 Å². The molecule has 0 N–H and O–H groups in total. The van der Waals surface area contributed by atoms with Gasteiger partial charge in [-0.15, -0.1) is 0 Å². The van der Waals surface area contributed by atoms with E-state index in [9.17, 15) is 9.59 Å². The Labute approximate surface area is 197 Å². The van der Waals surface area contributed by atoms with Crippen molar-refractivity contribution in [2.45, 2.75) is 78.1 Å². The van der Waals surface area contributed by atoms with Crippen LogP contribution in [-0.4, -0.2) is 25.2 Å². The van der Waals surface area contributed by atoms with Crippen molar-refractivity contribution in [1.29, 1.82) is 0 Å². The molecule has 2 aromatic carbocycles. The third-order valence-electron chi connectivity index (χ3n) is 5.82. The first kappa shape index (κ1) is 24.8. The number of rotatable bonds is 7. The van der Waals surface area contributed by atoms with Gasteiger partial charge in [-0.05, 0) is 40.5 Å². The van der Waals surface area contributed by atoms with E-state index in [1.807, 2.05) is 31.2 Å². The summed E-state index contributed by atoms with van der Waals surface area (Å²) in [5.41, 5.74) is 3.83. The van der Waals surface area contributed by atoms with Gasteiger partial charge in [-0.1, -0.05) is 72.7 Å². The summed E-state index contributed by atoms with van der Waals surface area (Å²) in [5, 5.41) is 0. The average molecular weight is 453 g/mol. The van der Waals surface area contributed by atoms with Crippen molar-refractivity contribution in [3.63, 3.8) is 0 Å². The van der Waals surface area contributed by atoms with Crippen LogP contribution in [0.1, 0.15) is 89.5 Å². The van der Waals surface area contributed by atoms with Crippen LogP contribution >= 0.6 is 0 Å². The SMILES string of the molecule is CCCC(=O)OCCOc1ccc(C2C(=O)Oc3c2cc(C(C)(C)C)cc3C(C)(C)C)cc1. The first-order valence-corrected chi connectivity index (χ1v) is 11.7. The van der Waals surface area contributed by atoms with Crippen LogP contribution in [0.25, 0.3) is 0 Å². The second kappa shape index (κ2) is 9.58. The van der Waals surface area contributed by atoms with Gasteiger partial charge in [-0.2, -0.15) is 0 Å². The molecular formula is C28H36O5. The summed E-state index contributed by atoms with van der Waals surface area (Å²) < 4.78 is 16.6. The smallest absolute Gasteiger partial charge is 0.323 e. The monoisotopic (exact) mass is 452 g/mol. The van der Waals surface area contributed by atoms with Crippen molar-refractivity contribution in [1.82, 2.24) is 0 Å². The van der Waals surface area contributed by atoms with E-state index in [1.54, 1.807) is 0 Å². The van der Waals surface area contributed by atoms with Gasteiger partial charge in [0, 0.05) is 17.5 Å². The zero-order valence-corrected chi connectivity index (χ0v) is 20.9. The van der Waals surface area contributed by atoms with Crippen LogP contribution in [0, 0.1) is 0 Å². The van der Waals surface area contributed by atoms with Gasteiger partial charge in [0.05, 0.1) is 0 Å². The molecule has 33 heavy (non-hydrogen) atoms. The molecule has 0 bridgehead atoms. The molecule has 3 rings (SSSR count). The van der Waals surface area contributed by atoms with Crippen molar-refractivity contribution >= 4 is 11.9 Å². The molecule has 1 unspecified atom stereocenters. The maximum absolute atomic E-state index is 13.0. The summed E-state index contributed by atoms with van der Waals surface area (Å²) in [4.78, 5) is 24.4. The fraction of sp³-hybridized carbons (Fsp3) is 0.500. The highest BCUT2D eigenvalue weighted by molar-refractivity contribution is 5.90. The van der Waals surface area contributed by atoms with Gasteiger partial charge < -0.3 is 14.2 Å². The third kappa shape index (κ3) is 5.76. The van der Waals surface area contributed by atoms with Gasteiger partial charge in [0.15, 0.2) is 0 Å². The maximum atomic E-state index is 13.0. The standard InChI is InChI=1S/C28H36O5/c1-8-9-23(29)32-15-14-31-20-12-10-18(11-13-20)24-21-16-19(27(2,3)4)17-22(28(5,6)7)25(21)33-26(24)30/h10-13,16-17,24H,8-9,14-15H2,1-7H3. The predicted molar refractivity (Wildman–Crippen MR) is 129 cm³/mol. The van der Waals surface area contributed by atoms with E-state index >= 15 is 0 Å². The molecule has 0 spiro atoms. The number of hydrogen-bond donors (Lipinski definition) is 0. The molecule has 5 heteroatoms. The normalized spacial score (nSPS) is 15.7. The first-order valence-electron chi connectivity index (χ1n) is 11.7. The minimum atomic E-state index is -0.465. The average Bonchev–Trinajstić information content (AvgIpc) is 3.05. The Morgan fingerprint density at radius 1 is 0.970 bits per heavy atom. The molecule has 0 aliphatic carbocycles. The number of carbonyl (C=O) groups excluding carboxylic acids is 2. The zero-order valence-electron chi connectivity index (χ0n) is 20.9. The number of fused-ring (bicyclic) bond motifs is 1. The summed E-state index contributed by atoms with van der Waals surface area (Å²) >= 11 is 0. The van der Waals surface area contributed by atoms with Crippen LogP contribution in [0.2, 0.25) is 0 Å². The van der Waals surface area contributed by atoms with Gasteiger partial charge in [0.1, 0.15) is 30.6 Å². The van der Waals surface area contributed by atoms with Gasteiger partial charge >= 0.3 is 11.9 Å². The van der Waals surface area contributed by atoms with Gasteiger partial charge in [-0.25, -0.2) is 0 Å². The van der Waals surface area contributed by atoms with E-state index in [1.165, 1.54) is 5.56 Å². The quantitative estimate of drug-likeness (QED) is 0.290. The Kier molecular flexibility index (Phi) is 7.20. The van der Waals surface area contributed by atoms with Crippen LogP contribution in [0.15, 0.2) is 36.4 Å². The summed E-state index contributed by atoms with van der Waals surface area (Å²) in [5.74, 6) is 0.431.